The van der Waals surface area contributed by atoms with Crippen molar-refractivity contribution in [1.82, 2.24) is 5.32 Å². The lowest BCUT2D eigenvalue weighted by molar-refractivity contribution is 0.0954. The topological polar surface area (TPSA) is 63.2 Å². The van der Waals surface area contributed by atoms with Gasteiger partial charge in [0.2, 0.25) is 0 Å². The van der Waals surface area contributed by atoms with E-state index in [1.165, 1.54) is 12.1 Å². The molecule has 0 unspecified atom stereocenters. The molecular weight excluding hydrogens is 318 g/mol. The molecule has 6 heteroatoms. The van der Waals surface area contributed by atoms with Crippen LogP contribution in [0.1, 0.15) is 17.3 Å². The van der Waals surface area contributed by atoms with E-state index in [9.17, 15) is 13.2 Å². The van der Waals surface area contributed by atoms with E-state index in [-0.39, 0.29) is 22.8 Å². The van der Waals surface area contributed by atoms with Crippen LogP contribution in [0.2, 0.25) is 0 Å². The van der Waals surface area contributed by atoms with E-state index in [1.807, 2.05) is 0 Å². The van der Waals surface area contributed by atoms with Gasteiger partial charge >= 0.3 is 0 Å². The van der Waals surface area contributed by atoms with Crippen molar-refractivity contribution < 1.29 is 13.2 Å². The van der Waals surface area contributed by atoms with E-state index in [2.05, 4.69) is 27.8 Å². The van der Waals surface area contributed by atoms with E-state index < -0.39 is 15.7 Å². The molecule has 18 heavy (non-hydrogen) atoms. The molecule has 0 heterocycles. The maximum atomic E-state index is 11.9. The normalized spacial score (nSPS) is 11.0. The van der Waals surface area contributed by atoms with E-state index in [0.29, 0.717) is 4.48 Å². The van der Waals surface area contributed by atoms with Gasteiger partial charge in [-0.1, -0.05) is 41.6 Å². The highest BCUT2D eigenvalue weighted by Crippen LogP contribution is 2.17. The Morgan fingerprint density at radius 3 is 2.56 bits per heavy atom. The monoisotopic (exact) mass is 331 g/mol. The molecule has 1 aromatic carbocycles. The molecule has 0 fully saturated rings. The average molecular weight is 332 g/mol. The van der Waals surface area contributed by atoms with Gasteiger partial charge in [-0.3, -0.25) is 4.79 Å². The summed E-state index contributed by atoms with van der Waals surface area (Å²) >= 11 is 3.12. The Balaban J connectivity index is 3.10. The highest BCUT2D eigenvalue weighted by Gasteiger charge is 2.20. The zero-order valence-corrected chi connectivity index (χ0v) is 12.3. The first-order valence-corrected chi connectivity index (χ1v) is 7.76. The summed E-state index contributed by atoms with van der Waals surface area (Å²) in [6.45, 7) is 5.39. The summed E-state index contributed by atoms with van der Waals surface area (Å²) in [4.78, 5) is 12.0. The molecule has 1 amide bonds. The molecule has 0 spiro atoms. The molecule has 0 bridgehead atoms. The minimum absolute atomic E-state index is 0.0392. The molecule has 1 N–H and O–H groups in total. The number of hydrogen-bond acceptors (Lipinski definition) is 3. The van der Waals surface area contributed by atoms with Gasteiger partial charge < -0.3 is 5.32 Å². The predicted octanol–water partition coefficient (Wildman–Crippen LogP) is 2.12. The number of amides is 1. The molecule has 0 saturated heterocycles. The first kappa shape index (κ1) is 14.9. The summed E-state index contributed by atoms with van der Waals surface area (Å²) in [6, 6.07) is 6.17. The SMILES string of the molecule is C=C(Br)CNC(=O)c1ccccc1S(=O)(=O)CC. The highest BCUT2D eigenvalue weighted by molar-refractivity contribution is 9.11. The maximum Gasteiger partial charge on any atom is 0.252 e. The Labute approximate surface area is 115 Å². The Morgan fingerprint density at radius 1 is 1.39 bits per heavy atom. The van der Waals surface area contributed by atoms with E-state index in [1.54, 1.807) is 19.1 Å². The third-order valence-corrected chi connectivity index (χ3v) is 4.35. The summed E-state index contributed by atoms with van der Waals surface area (Å²) in [5, 5.41) is 2.59. The van der Waals surface area contributed by atoms with E-state index >= 15 is 0 Å². The Bertz CT molecular complexity index is 566. The highest BCUT2D eigenvalue weighted by atomic mass is 79.9. The largest absolute Gasteiger partial charge is 0.347 e. The fraction of sp³-hybridized carbons (Fsp3) is 0.250. The van der Waals surface area contributed by atoms with Gasteiger partial charge in [0, 0.05) is 11.0 Å². The van der Waals surface area contributed by atoms with Crippen LogP contribution in [-0.2, 0) is 9.84 Å². The number of carbonyl (C=O) groups excluding carboxylic acids is 1. The maximum absolute atomic E-state index is 11.9. The lowest BCUT2D eigenvalue weighted by Crippen LogP contribution is -2.26. The lowest BCUT2D eigenvalue weighted by Gasteiger charge is -2.09. The minimum atomic E-state index is -3.41. The number of benzene rings is 1. The molecule has 4 nitrogen and oxygen atoms in total. The van der Waals surface area contributed by atoms with Crippen molar-refractivity contribution in [3.05, 3.63) is 40.9 Å². The molecule has 0 aromatic heterocycles. The number of halogens is 1. The average Bonchev–Trinajstić information content (AvgIpc) is 2.36. The molecule has 0 aliphatic heterocycles. The van der Waals surface area contributed by atoms with Gasteiger partial charge in [-0.15, -0.1) is 0 Å². The van der Waals surface area contributed by atoms with Crippen LogP contribution in [0.5, 0.6) is 0 Å². The molecule has 0 aliphatic rings. The second kappa shape index (κ2) is 6.15. The first-order chi connectivity index (χ1) is 8.38. The van der Waals surface area contributed by atoms with Crippen LogP contribution in [0.3, 0.4) is 0 Å². The lowest BCUT2D eigenvalue weighted by atomic mass is 10.2. The Kier molecular flexibility index (Phi) is 5.10. The molecule has 0 atom stereocenters. The van der Waals surface area contributed by atoms with Gasteiger partial charge in [0.25, 0.3) is 5.91 Å². The van der Waals surface area contributed by atoms with Crippen LogP contribution in [0.25, 0.3) is 0 Å². The van der Waals surface area contributed by atoms with E-state index in [4.69, 9.17) is 0 Å². The number of hydrogen-bond donors (Lipinski definition) is 1. The minimum Gasteiger partial charge on any atom is -0.347 e. The fourth-order valence-corrected chi connectivity index (χ4v) is 2.59. The Hall–Kier alpha value is -1.14. The van der Waals surface area contributed by atoms with Crippen molar-refractivity contribution >= 4 is 31.7 Å². The van der Waals surface area contributed by atoms with Gasteiger partial charge in [-0.2, -0.15) is 0 Å². The molecular formula is C12H14BrNO3S. The van der Waals surface area contributed by atoms with E-state index in [0.717, 1.165) is 0 Å². The predicted molar refractivity (Wildman–Crippen MR) is 74.6 cm³/mol. The summed E-state index contributed by atoms with van der Waals surface area (Å²) in [7, 11) is -3.41. The molecule has 1 rings (SSSR count). The number of nitrogens with one attached hydrogen (secondary N) is 1. The van der Waals surface area contributed by atoms with Crippen molar-refractivity contribution in [1.29, 1.82) is 0 Å². The third-order valence-electron chi connectivity index (χ3n) is 2.29. The molecule has 0 saturated carbocycles. The number of carbonyl (C=O) groups is 1. The standard InChI is InChI=1S/C12H14BrNO3S/c1-3-18(16,17)11-7-5-4-6-10(11)12(15)14-8-9(2)13/h4-7H,2-3,8H2,1H3,(H,14,15). The van der Waals surface area contributed by atoms with Gasteiger partial charge in [0.05, 0.1) is 16.2 Å². The van der Waals surface area contributed by atoms with Crippen LogP contribution in [0.4, 0.5) is 0 Å². The van der Waals surface area contributed by atoms with Crippen molar-refractivity contribution in [3.63, 3.8) is 0 Å². The van der Waals surface area contributed by atoms with Crippen LogP contribution in [-0.4, -0.2) is 26.6 Å². The van der Waals surface area contributed by atoms with Crippen LogP contribution >= 0.6 is 15.9 Å². The Morgan fingerprint density at radius 2 is 2.00 bits per heavy atom. The summed E-state index contributed by atoms with van der Waals surface area (Å²) in [5.41, 5.74) is 0.160. The zero-order valence-electron chi connectivity index (χ0n) is 9.94. The molecule has 1 aromatic rings. The van der Waals surface area contributed by atoms with Gasteiger partial charge in [0.15, 0.2) is 9.84 Å². The zero-order chi connectivity index (χ0) is 13.8. The van der Waals surface area contributed by atoms with Crippen LogP contribution in [0, 0.1) is 0 Å². The number of rotatable bonds is 5. The van der Waals surface area contributed by atoms with Crippen LogP contribution in [0.15, 0.2) is 40.2 Å². The quantitative estimate of drug-likeness (QED) is 0.898. The summed E-state index contributed by atoms with van der Waals surface area (Å²) < 4.78 is 24.3. The van der Waals surface area contributed by atoms with Crippen molar-refractivity contribution in [2.75, 3.05) is 12.3 Å². The molecule has 0 radical (unpaired) electrons. The number of sulfone groups is 1. The van der Waals surface area contributed by atoms with Gasteiger partial charge in [0.1, 0.15) is 0 Å². The van der Waals surface area contributed by atoms with Gasteiger partial charge in [-0.25, -0.2) is 8.42 Å². The third kappa shape index (κ3) is 3.68. The molecule has 98 valence electrons. The van der Waals surface area contributed by atoms with Crippen molar-refractivity contribution in [3.8, 4) is 0 Å². The molecule has 0 aliphatic carbocycles. The fourth-order valence-electron chi connectivity index (χ4n) is 1.35. The van der Waals surface area contributed by atoms with Crippen molar-refractivity contribution in [2.45, 2.75) is 11.8 Å². The smallest absolute Gasteiger partial charge is 0.252 e. The summed E-state index contributed by atoms with van der Waals surface area (Å²) in [6.07, 6.45) is 0. The second-order valence-corrected chi connectivity index (χ2v) is 6.97. The van der Waals surface area contributed by atoms with Crippen molar-refractivity contribution in [2.24, 2.45) is 0 Å². The van der Waals surface area contributed by atoms with Crippen LogP contribution < -0.4 is 5.32 Å². The first-order valence-electron chi connectivity index (χ1n) is 5.31. The summed E-state index contributed by atoms with van der Waals surface area (Å²) in [5.74, 6) is -0.467. The second-order valence-electron chi connectivity index (χ2n) is 3.60. The van der Waals surface area contributed by atoms with Gasteiger partial charge in [-0.05, 0) is 12.1 Å².